The van der Waals surface area contributed by atoms with Gasteiger partial charge in [0.05, 0.1) is 5.69 Å². The van der Waals surface area contributed by atoms with Crippen molar-refractivity contribution in [1.29, 1.82) is 0 Å². The van der Waals surface area contributed by atoms with Crippen LogP contribution in [0.3, 0.4) is 0 Å². The quantitative estimate of drug-likeness (QED) is 0.917. The molecular formula is C17H24N6. The molecular weight excluding hydrogens is 288 g/mol. The van der Waals surface area contributed by atoms with E-state index in [0.29, 0.717) is 5.92 Å². The van der Waals surface area contributed by atoms with Crippen LogP contribution in [0.25, 0.3) is 0 Å². The van der Waals surface area contributed by atoms with Gasteiger partial charge >= 0.3 is 0 Å². The molecule has 0 saturated heterocycles. The maximum absolute atomic E-state index is 4.52. The summed E-state index contributed by atoms with van der Waals surface area (Å²) in [6.45, 7) is 4.15. The topological polar surface area (TPSA) is 58.9 Å². The second kappa shape index (κ2) is 6.66. The predicted octanol–water partition coefficient (Wildman–Crippen LogP) is 2.16. The molecule has 1 N–H and O–H groups in total. The summed E-state index contributed by atoms with van der Waals surface area (Å²) in [5.74, 6) is 1.34. The van der Waals surface area contributed by atoms with Crippen LogP contribution in [0, 0.1) is 5.92 Å². The highest BCUT2D eigenvalue weighted by molar-refractivity contribution is 5.21. The fraction of sp³-hybridized carbons (Fsp3) is 0.588. The van der Waals surface area contributed by atoms with Crippen LogP contribution in [0.5, 0.6) is 0 Å². The number of hydrogen-bond acceptors (Lipinski definition) is 5. The van der Waals surface area contributed by atoms with Gasteiger partial charge in [0.25, 0.3) is 0 Å². The fourth-order valence-electron chi connectivity index (χ4n) is 3.56. The Morgan fingerprint density at radius 3 is 2.78 bits per heavy atom. The SMILES string of the molecule is c1cnc(NCCC2CN(C3CCC3)Cc3ccnn3C2)nc1. The van der Waals surface area contributed by atoms with Gasteiger partial charge in [-0.05, 0) is 37.3 Å². The summed E-state index contributed by atoms with van der Waals surface area (Å²) in [6.07, 6.45) is 10.7. The van der Waals surface area contributed by atoms with Crippen molar-refractivity contribution in [3.63, 3.8) is 0 Å². The minimum atomic E-state index is 0.618. The average Bonchev–Trinajstić information content (AvgIpc) is 2.86. The highest BCUT2D eigenvalue weighted by atomic mass is 15.3. The van der Waals surface area contributed by atoms with Gasteiger partial charge in [-0.2, -0.15) is 5.10 Å². The number of hydrogen-bond donors (Lipinski definition) is 1. The molecule has 3 heterocycles. The molecule has 6 heteroatoms. The molecule has 2 aromatic rings. The van der Waals surface area contributed by atoms with Crippen molar-refractivity contribution in [2.24, 2.45) is 5.92 Å². The zero-order valence-corrected chi connectivity index (χ0v) is 13.4. The minimum absolute atomic E-state index is 0.618. The smallest absolute Gasteiger partial charge is 0.222 e. The lowest BCUT2D eigenvalue weighted by molar-refractivity contribution is 0.103. The van der Waals surface area contributed by atoms with Crippen molar-refractivity contribution < 1.29 is 0 Å². The van der Waals surface area contributed by atoms with E-state index < -0.39 is 0 Å². The number of fused-ring (bicyclic) bond motifs is 1. The van der Waals surface area contributed by atoms with Crippen LogP contribution in [-0.4, -0.2) is 43.8 Å². The van der Waals surface area contributed by atoms with Crippen LogP contribution >= 0.6 is 0 Å². The second-order valence-electron chi connectivity index (χ2n) is 6.67. The van der Waals surface area contributed by atoms with E-state index in [0.717, 1.165) is 38.0 Å². The molecule has 23 heavy (non-hydrogen) atoms. The van der Waals surface area contributed by atoms with Gasteiger partial charge in [0.2, 0.25) is 5.95 Å². The van der Waals surface area contributed by atoms with Gasteiger partial charge in [0, 0.05) is 50.8 Å². The van der Waals surface area contributed by atoms with Crippen LogP contribution < -0.4 is 5.32 Å². The Hall–Kier alpha value is -1.95. The minimum Gasteiger partial charge on any atom is -0.354 e. The van der Waals surface area contributed by atoms with Gasteiger partial charge in [-0.25, -0.2) is 9.97 Å². The first-order chi connectivity index (χ1) is 11.4. The Morgan fingerprint density at radius 2 is 2.00 bits per heavy atom. The summed E-state index contributed by atoms with van der Waals surface area (Å²) in [6, 6.07) is 4.79. The Balaban J connectivity index is 1.38. The number of anilines is 1. The van der Waals surface area contributed by atoms with Crippen molar-refractivity contribution in [3.05, 3.63) is 36.4 Å². The van der Waals surface area contributed by atoms with Crippen LogP contribution in [0.2, 0.25) is 0 Å². The fourth-order valence-corrected chi connectivity index (χ4v) is 3.56. The molecule has 0 spiro atoms. The van der Waals surface area contributed by atoms with Crippen LogP contribution in [0.15, 0.2) is 30.7 Å². The zero-order chi connectivity index (χ0) is 15.5. The average molecular weight is 312 g/mol. The summed E-state index contributed by atoms with van der Waals surface area (Å²) in [5.41, 5.74) is 1.36. The van der Waals surface area contributed by atoms with E-state index in [1.165, 1.54) is 31.5 Å². The highest BCUT2D eigenvalue weighted by Gasteiger charge is 2.30. The number of nitrogens with one attached hydrogen (secondary N) is 1. The van der Waals surface area contributed by atoms with E-state index in [9.17, 15) is 0 Å². The second-order valence-corrected chi connectivity index (χ2v) is 6.67. The Labute approximate surface area is 136 Å². The molecule has 4 rings (SSSR count). The molecule has 0 amide bonds. The van der Waals surface area contributed by atoms with Gasteiger partial charge < -0.3 is 5.32 Å². The first-order valence-corrected chi connectivity index (χ1v) is 8.64. The molecule has 1 saturated carbocycles. The molecule has 6 nitrogen and oxygen atoms in total. The number of rotatable bonds is 5. The largest absolute Gasteiger partial charge is 0.354 e. The molecule has 1 aliphatic carbocycles. The normalized spacial score (nSPS) is 22.2. The molecule has 1 unspecified atom stereocenters. The van der Waals surface area contributed by atoms with Crippen molar-refractivity contribution in [2.45, 2.75) is 44.8 Å². The van der Waals surface area contributed by atoms with E-state index in [1.807, 2.05) is 12.3 Å². The third-order valence-electron chi connectivity index (χ3n) is 5.09. The molecule has 1 atom stereocenters. The van der Waals surface area contributed by atoms with Crippen molar-refractivity contribution >= 4 is 5.95 Å². The zero-order valence-electron chi connectivity index (χ0n) is 13.4. The summed E-state index contributed by atoms with van der Waals surface area (Å²) in [5, 5.41) is 7.85. The molecule has 2 aromatic heterocycles. The van der Waals surface area contributed by atoms with E-state index in [4.69, 9.17) is 0 Å². The van der Waals surface area contributed by atoms with E-state index in [1.54, 1.807) is 12.4 Å². The molecule has 122 valence electrons. The van der Waals surface area contributed by atoms with Gasteiger partial charge in [0.15, 0.2) is 0 Å². The molecule has 1 fully saturated rings. The van der Waals surface area contributed by atoms with E-state index in [-0.39, 0.29) is 0 Å². The summed E-state index contributed by atoms with van der Waals surface area (Å²) in [4.78, 5) is 11.1. The molecule has 1 aliphatic heterocycles. The summed E-state index contributed by atoms with van der Waals surface area (Å²) >= 11 is 0. The van der Waals surface area contributed by atoms with Crippen molar-refractivity contribution in [1.82, 2.24) is 24.6 Å². The first-order valence-electron chi connectivity index (χ1n) is 8.64. The van der Waals surface area contributed by atoms with Crippen LogP contribution in [0.1, 0.15) is 31.4 Å². The van der Waals surface area contributed by atoms with E-state index in [2.05, 4.69) is 36.0 Å². The lowest BCUT2D eigenvalue weighted by Crippen LogP contribution is -2.41. The third-order valence-corrected chi connectivity index (χ3v) is 5.09. The summed E-state index contributed by atoms with van der Waals surface area (Å²) < 4.78 is 2.20. The molecule has 0 radical (unpaired) electrons. The monoisotopic (exact) mass is 312 g/mol. The molecule has 0 bridgehead atoms. The van der Waals surface area contributed by atoms with Gasteiger partial charge in [0.1, 0.15) is 0 Å². The molecule has 2 aliphatic rings. The maximum atomic E-state index is 4.52. The van der Waals surface area contributed by atoms with Crippen molar-refractivity contribution in [3.8, 4) is 0 Å². The third kappa shape index (κ3) is 3.37. The van der Waals surface area contributed by atoms with Crippen LogP contribution in [0.4, 0.5) is 5.95 Å². The highest BCUT2D eigenvalue weighted by Crippen LogP contribution is 2.29. The summed E-state index contributed by atoms with van der Waals surface area (Å²) in [7, 11) is 0. The van der Waals surface area contributed by atoms with Gasteiger partial charge in [-0.1, -0.05) is 6.42 Å². The van der Waals surface area contributed by atoms with E-state index >= 15 is 0 Å². The lowest BCUT2D eigenvalue weighted by Gasteiger charge is -2.38. The van der Waals surface area contributed by atoms with Crippen LogP contribution in [-0.2, 0) is 13.1 Å². The standard InChI is InChI=1S/C17H24N6/c1-3-15(4-1)22-11-14(12-23-16(13-22)6-10-21-23)5-9-20-17-18-7-2-8-19-17/h2,6-8,10,14-15H,1,3-5,9,11-13H2,(H,18,19,20). The van der Waals surface area contributed by atoms with Crippen molar-refractivity contribution in [2.75, 3.05) is 18.4 Å². The number of aromatic nitrogens is 4. The Bertz CT molecular complexity index is 621. The molecule has 0 aromatic carbocycles. The van der Waals surface area contributed by atoms with Gasteiger partial charge in [-0.3, -0.25) is 9.58 Å². The number of nitrogens with zero attached hydrogens (tertiary/aromatic N) is 5. The Kier molecular flexibility index (Phi) is 4.24. The van der Waals surface area contributed by atoms with Gasteiger partial charge in [-0.15, -0.1) is 0 Å². The lowest BCUT2D eigenvalue weighted by atomic mass is 9.90. The Morgan fingerprint density at radius 1 is 1.13 bits per heavy atom. The maximum Gasteiger partial charge on any atom is 0.222 e. The first kappa shape index (κ1) is 14.6. The predicted molar refractivity (Wildman–Crippen MR) is 88.9 cm³/mol.